The minimum atomic E-state index is 0.561. The standard InChI is InChI=1S/C11H22N4/c1-4-10-7-11(15-14-10)8-12-5-6-13-9(2)3/h7,9,12-13H,4-6,8H2,1-3H3,(H,14,15). The first kappa shape index (κ1) is 12.2. The van der Waals surface area contributed by atoms with Crippen LogP contribution in [0.4, 0.5) is 0 Å². The fourth-order valence-electron chi connectivity index (χ4n) is 1.35. The van der Waals surface area contributed by atoms with Crippen LogP contribution in [-0.2, 0) is 13.0 Å². The lowest BCUT2D eigenvalue weighted by Crippen LogP contribution is -2.31. The van der Waals surface area contributed by atoms with Crippen LogP contribution in [0.5, 0.6) is 0 Å². The van der Waals surface area contributed by atoms with Crippen molar-refractivity contribution >= 4 is 0 Å². The number of rotatable bonds is 7. The second-order valence-corrected chi connectivity index (χ2v) is 4.02. The largest absolute Gasteiger partial charge is 0.313 e. The van der Waals surface area contributed by atoms with Gasteiger partial charge in [-0.3, -0.25) is 5.10 Å². The Morgan fingerprint density at radius 1 is 1.40 bits per heavy atom. The van der Waals surface area contributed by atoms with Gasteiger partial charge in [-0.2, -0.15) is 5.10 Å². The van der Waals surface area contributed by atoms with Crippen LogP contribution in [0.15, 0.2) is 6.07 Å². The molecule has 15 heavy (non-hydrogen) atoms. The minimum absolute atomic E-state index is 0.561. The van der Waals surface area contributed by atoms with Crippen molar-refractivity contribution in [3.8, 4) is 0 Å². The van der Waals surface area contributed by atoms with Gasteiger partial charge >= 0.3 is 0 Å². The average molecular weight is 210 g/mol. The van der Waals surface area contributed by atoms with Gasteiger partial charge in [0.1, 0.15) is 0 Å². The monoisotopic (exact) mass is 210 g/mol. The number of hydrogen-bond donors (Lipinski definition) is 3. The van der Waals surface area contributed by atoms with E-state index in [4.69, 9.17) is 0 Å². The molecule has 4 nitrogen and oxygen atoms in total. The molecule has 0 saturated carbocycles. The molecule has 1 heterocycles. The van der Waals surface area contributed by atoms with Crippen LogP contribution < -0.4 is 10.6 Å². The highest BCUT2D eigenvalue weighted by atomic mass is 15.1. The molecule has 4 heteroatoms. The van der Waals surface area contributed by atoms with Gasteiger partial charge in [-0.1, -0.05) is 20.8 Å². The zero-order chi connectivity index (χ0) is 11.1. The van der Waals surface area contributed by atoms with Crippen molar-refractivity contribution in [2.45, 2.75) is 39.8 Å². The molecule has 0 aliphatic carbocycles. The molecule has 1 aromatic rings. The summed E-state index contributed by atoms with van der Waals surface area (Å²) in [5.74, 6) is 0. The molecule has 1 rings (SSSR count). The maximum absolute atomic E-state index is 4.18. The summed E-state index contributed by atoms with van der Waals surface area (Å²) < 4.78 is 0. The van der Waals surface area contributed by atoms with E-state index in [1.807, 2.05) is 0 Å². The van der Waals surface area contributed by atoms with Gasteiger partial charge in [0.05, 0.1) is 5.69 Å². The fraction of sp³-hybridized carbons (Fsp3) is 0.727. The first-order valence-electron chi connectivity index (χ1n) is 5.69. The number of aromatic nitrogens is 2. The summed E-state index contributed by atoms with van der Waals surface area (Å²) in [4.78, 5) is 0. The van der Waals surface area contributed by atoms with Gasteiger partial charge in [0.15, 0.2) is 0 Å². The summed E-state index contributed by atoms with van der Waals surface area (Å²) in [6.45, 7) is 9.28. The van der Waals surface area contributed by atoms with Crippen LogP contribution >= 0.6 is 0 Å². The van der Waals surface area contributed by atoms with Crippen LogP contribution in [-0.4, -0.2) is 29.3 Å². The first-order chi connectivity index (χ1) is 7.22. The Labute approximate surface area is 91.8 Å². The molecular weight excluding hydrogens is 188 g/mol. The zero-order valence-corrected chi connectivity index (χ0v) is 9.93. The summed E-state index contributed by atoms with van der Waals surface area (Å²) in [5.41, 5.74) is 2.29. The van der Waals surface area contributed by atoms with E-state index in [1.165, 1.54) is 0 Å². The third-order valence-corrected chi connectivity index (χ3v) is 2.22. The number of hydrogen-bond acceptors (Lipinski definition) is 3. The van der Waals surface area contributed by atoms with Crippen LogP contribution in [0.25, 0.3) is 0 Å². The average Bonchev–Trinajstić information content (AvgIpc) is 2.65. The van der Waals surface area contributed by atoms with E-state index >= 15 is 0 Å². The molecule has 0 spiro atoms. The molecule has 0 atom stereocenters. The maximum atomic E-state index is 4.18. The zero-order valence-electron chi connectivity index (χ0n) is 9.93. The Morgan fingerprint density at radius 2 is 2.20 bits per heavy atom. The predicted molar refractivity (Wildman–Crippen MR) is 62.8 cm³/mol. The van der Waals surface area contributed by atoms with Crippen molar-refractivity contribution in [1.29, 1.82) is 0 Å². The van der Waals surface area contributed by atoms with Gasteiger partial charge in [-0.25, -0.2) is 0 Å². The Kier molecular flexibility index (Phi) is 5.36. The lowest BCUT2D eigenvalue weighted by atomic mass is 10.3. The van der Waals surface area contributed by atoms with Crippen LogP contribution in [0.3, 0.4) is 0 Å². The molecule has 86 valence electrons. The Hall–Kier alpha value is -0.870. The molecule has 0 radical (unpaired) electrons. The van der Waals surface area contributed by atoms with E-state index in [0.29, 0.717) is 6.04 Å². The summed E-state index contributed by atoms with van der Waals surface area (Å²) in [6, 6.07) is 2.67. The van der Waals surface area contributed by atoms with Crippen molar-refractivity contribution in [3.63, 3.8) is 0 Å². The second-order valence-electron chi connectivity index (χ2n) is 4.02. The third-order valence-electron chi connectivity index (χ3n) is 2.22. The first-order valence-corrected chi connectivity index (χ1v) is 5.69. The fourth-order valence-corrected chi connectivity index (χ4v) is 1.35. The smallest absolute Gasteiger partial charge is 0.0622 e. The summed E-state index contributed by atoms with van der Waals surface area (Å²) >= 11 is 0. The molecule has 0 aliphatic heterocycles. The van der Waals surface area contributed by atoms with E-state index in [9.17, 15) is 0 Å². The van der Waals surface area contributed by atoms with Crippen LogP contribution in [0, 0.1) is 0 Å². The Balaban J connectivity index is 2.09. The lowest BCUT2D eigenvalue weighted by molar-refractivity contribution is 0.553. The highest BCUT2D eigenvalue weighted by Crippen LogP contribution is 1.98. The summed E-state index contributed by atoms with van der Waals surface area (Å²) in [6.07, 6.45) is 0.991. The molecule has 0 aliphatic rings. The van der Waals surface area contributed by atoms with Crippen LogP contribution in [0.2, 0.25) is 0 Å². The highest BCUT2D eigenvalue weighted by molar-refractivity contribution is 5.07. The SMILES string of the molecule is CCc1cc(CNCCNC(C)C)[nH]n1. The number of nitrogens with one attached hydrogen (secondary N) is 3. The molecule has 0 aromatic carbocycles. The van der Waals surface area contributed by atoms with E-state index in [2.05, 4.69) is 47.7 Å². The van der Waals surface area contributed by atoms with Crippen molar-refractivity contribution in [2.24, 2.45) is 0 Å². The number of aromatic amines is 1. The Morgan fingerprint density at radius 3 is 2.80 bits per heavy atom. The van der Waals surface area contributed by atoms with Crippen molar-refractivity contribution in [3.05, 3.63) is 17.5 Å². The number of H-pyrrole nitrogens is 1. The highest BCUT2D eigenvalue weighted by Gasteiger charge is 1.98. The van der Waals surface area contributed by atoms with Gasteiger partial charge in [0.2, 0.25) is 0 Å². The molecule has 0 saturated heterocycles. The minimum Gasteiger partial charge on any atom is -0.313 e. The van der Waals surface area contributed by atoms with Crippen molar-refractivity contribution < 1.29 is 0 Å². The predicted octanol–water partition coefficient (Wildman–Crippen LogP) is 1.06. The molecule has 0 bridgehead atoms. The number of aryl methyl sites for hydroxylation is 1. The van der Waals surface area contributed by atoms with Gasteiger partial charge in [0, 0.05) is 31.4 Å². The van der Waals surface area contributed by atoms with Crippen LogP contribution in [0.1, 0.15) is 32.2 Å². The van der Waals surface area contributed by atoms with Crippen molar-refractivity contribution in [1.82, 2.24) is 20.8 Å². The van der Waals surface area contributed by atoms with Gasteiger partial charge in [-0.15, -0.1) is 0 Å². The molecular formula is C11H22N4. The number of nitrogens with zero attached hydrogens (tertiary/aromatic N) is 1. The molecule has 1 aromatic heterocycles. The third kappa shape index (κ3) is 4.95. The van der Waals surface area contributed by atoms with E-state index < -0.39 is 0 Å². The van der Waals surface area contributed by atoms with E-state index in [1.54, 1.807) is 0 Å². The normalized spacial score (nSPS) is 11.2. The second kappa shape index (κ2) is 6.58. The van der Waals surface area contributed by atoms with E-state index in [0.717, 1.165) is 37.4 Å². The molecule has 3 N–H and O–H groups in total. The molecule has 0 unspecified atom stereocenters. The molecule has 0 amide bonds. The molecule has 0 fully saturated rings. The van der Waals surface area contributed by atoms with Gasteiger partial charge in [0.25, 0.3) is 0 Å². The lowest BCUT2D eigenvalue weighted by Gasteiger charge is -2.07. The van der Waals surface area contributed by atoms with Crippen molar-refractivity contribution in [2.75, 3.05) is 13.1 Å². The Bertz CT molecular complexity index is 267. The van der Waals surface area contributed by atoms with E-state index in [-0.39, 0.29) is 0 Å². The van der Waals surface area contributed by atoms with Gasteiger partial charge < -0.3 is 10.6 Å². The summed E-state index contributed by atoms with van der Waals surface area (Å²) in [5, 5.41) is 13.9. The summed E-state index contributed by atoms with van der Waals surface area (Å²) in [7, 11) is 0. The van der Waals surface area contributed by atoms with Gasteiger partial charge in [-0.05, 0) is 12.5 Å². The topological polar surface area (TPSA) is 52.7 Å². The quantitative estimate of drug-likeness (QED) is 0.590. The maximum Gasteiger partial charge on any atom is 0.0622 e.